The summed E-state index contributed by atoms with van der Waals surface area (Å²) in [5, 5.41) is 5.14. The third-order valence-electron chi connectivity index (χ3n) is 9.55. The molecule has 0 heterocycles. The number of ether oxygens (including phenoxy) is 2. The van der Waals surface area contributed by atoms with E-state index in [1.54, 1.807) is 0 Å². The molecule has 3 aliphatic rings. The number of carbonyl (C=O) groups excluding carboxylic acids is 2. The second-order valence-corrected chi connectivity index (χ2v) is 12.8. The fourth-order valence-electron chi connectivity index (χ4n) is 7.86. The van der Waals surface area contributed by atoms with E-state index in [-0.39, 0.29) is 33.4 Å². The normalized spacial score (nSPS) is 30.5. The second-order valence-electron chi connectivity index (χ2n) is 11.2. The first-order chi connectivity index (χ1) is 17.5. The molecule has 5 rings (SSSR count). The summed E-state index contributed by atoms with van der Waals surface area (Å²) < 4.78 is 34.4. The lowest BCUT2D eigenvalue weighted by atomic mass is 9.46. The first-order valence-electron chi connectivity index (χ1n) is 13.1. The van der Waals surface area contributed by atoms with Crippen molar-refractivity contribution in [1.82, 2.24) is 0 Å². The number of carbonyl (C=O) groups is 2. The molecule has 0 aliphatic heterocycles. The smallest absolute Gasteiger partial charge is 0.343 e. The van der Waals surface area contributed by atoms with Gasteiger partial charge in [-0.15, -0.1) is 0 Å². The molecule has 8 heteroatoms. The van der Waals surface area contributed by atoms with E-state index in [1.807, 2.05) is 12.1 Å². The number of fused-ring (bicyclic) bond motifs is 5. The third-order valence-corrected chi connectivity index (χ3v) is 10.5. The zero-order chi connectivity index (χ0) is 26.6. The number of esters is 2. The van der Waals surface area contributed by atoms with Crippen LogP contribution in [0.2, 0.25) is 0 Å². The van der Waals surface area contributed by atoms with Crippen molar-refractivity contribution in [2.24, 2.45) is 21.9 Å². The Bertz CT molecular complexity index is 1340. The van der Waals surface area contributed by atoms with Crippen LogP contribution in [-0.2, 0) is 26.0 Å². The minimum absolute atomic E-state index is 0.00147. The van der Waals surface area contributed by atoms with Gasteiger partial charge in [0.05, 0.1) is 10.5 Å². The molecule has 0 saturated heterocycles. The average Bonchev–Trinajstić information content (AvgIpc) is 3.19. The summed E-state index contributed by atoms with van der Waals surface area (Å²) >= 11 is 0. The summed E-state index contributed by atoms with van der Waals surface area (Å²) in [5.41, 5.74) is 3.03. The monoisotopic (exact) mass is 525 g/mol. The summed E-state index contributed by atoms with van der Waals surface area (Å²) in [6, 6.07) is 11.4. The Labute approximate surface area is 218 Å². The quantitative estimate of drug-likeness (QED) is 0.428. The highest BCUT2D eigenvalue weighted by molar-refractivity contribution is 7.89. The van der Waals surface area contributed by atoms with Gasteiger partial charge in [-0.1, -0.05) is 19.9 Å². The molecule has 2 N–H and O–H groups in total. The van der Waals surface area contributed by atoms with Crippen molar-refractivity contribution in [2.75, 3.05) is 0 Å². The van der Waals surface area contributed by atoms with Crippen molar-refractivity contribution in [2.45, 2.75) is 82.6 Å². The minimum atomic E-state index is -3.82. The molecule has 7 nitrogen and oxygen atoms in total. The molecule has 37 heavy (non-hydrogen) atoms. The van der Waals surface area contributed by atoms with Gasteiger partial charge >= 0.3 is 11.9 Å². The Kier molecular flexibility index (Phi) is 6.47. The number of rotatable bonds is 5. The van der Waals surface area contributed by atoms with Crippen LogP contribution in [0.25, 0.3) is 0 Å². The van der Waals surface area contributed by atoms with Crippen LogP contribution >= 0.6 is 0 Å². The molecular formula is C29H35NO6S. The van der Waals surface area contributed by atoms with Crippen LogP contribution < -0.4 is 9.88 Å². The van der Waals surface area contributed by atoms with Crippen LogP contribution in [0.15, 0.2) is 47.4 Å². The molecule has 0 aromatic heterocycles. The molecule has 0 radical (unpaired) electrons. The number of hydrogen-bond donors (Lipinski definition) is 1. The van der Waals surface area contributed by atoms with E-state index in [4.69, 9.17) is 14.6 Å². The van der Waals surface area contributed by atoms with E-state index >= 15 is 0 Å². The number of primary sulfonamides is 1. The Morgan fingerprint density at radius 1 is 1.05 bits per heavy atom. The maximum Gasteiger partial charge on any atom is 0.343 e. The van der Waals surface area contributed by atoms with E-state index in [9.17, 15) is 18.0 Å². The summed E-state index contributed by atoms with van der Waals surface area (Å²) in [4.78, 5) is 24.4. The minimum Gasteiger partial charge on any atom is -0.462 e. The Hall–Kier alpha value is -2.71. The van der Waals surface area contributed by atoms with E-state index in [0.29, 0.717) is 17.6 Å². The Balaban J connectivity index is 1.37. The fraction of sp³-hybridized carbons (Fsp3) is 0.517. The van der Waals surface area contributed by atoms with Gasteiger partial charge < -0.3 is 9.47 Å². The molecule has 0 amide bonds. The molecule has 2 aromatic rings. The van der Waals surface area contributed by atoms with Gasteiger partial charge in [-0.05, 0) is 110 Å². The van der Waals surface area contributed by atoms with Crippen LogP contribution in [0.1, 0.15) is 86.7 Å². The van der Waals surface area contributed by atoms with Gasteiger partial charge in [-0.2, -0.15) is 0 Å². The Morgan fingerprint density at radius 2 is 1.78 bits per heavy atom. The maximum atomic E-state index is 12.7. The molecule has 2 aromatic carbocycles. The van der Waals surface area contributed by atoms with Crippen LogP contribution in [0, 0.1) is 16.7 Å². The average molecular weight is 526 g/mol. The van der Waals surface area contributed by atoms with Gasteiger partial charge in [0.2, 0.25) is 10.0 Å². The predicted octanol–water partition coefficient (Wildman–Crippen LogP) is 5.12. The van der Waals surface area contributed by atoms with E-state index in [2.05, 4.69) is 19.9 Å². The highest BCUT2D eigenvalue weighted by Gasteiger charge is 2.62. The lowest BCUT2D eigenvalue weighted by Gasteiger charge is -2.58. The van der Waals surface area contributed by atoms with Crippen LogP contribution in [0.3, 0.4) is 0 Å². The standard InChI is InChI=1S/C29H35NO6S/c1-4-29-16-13-20-17-21(36-27(32)19-5-8-22(9-6-19)37(30,33)34)7-10-23(20)24(29)14-15-28(3)25(29)11-12-26(28)35-18(2)31/h5-10,17,24-26H,4,11-16H2,1-3H3,(H2,30,33,34)/t24-,25-,26+,28+,29-/m1/s1. The van der Waals surface area contributed by atoms with Crippen molar-refractivity contribution < 1.29 is 27.5 Å². The molecule has 5 atom stereocenters. The van der Waals surface area contributed by atoms with Crippen molar-refractivity contribution in [3.8, 4) is 5.75 Å². The summed E-state index contributed by atoms with van der Waals surface area (Å²) in [6.07, 6.45) is 7.20. The topological polar surface area (TPSA) is 113 Å². The highest BCUT2D eigenvalue weighted by atomic mass is 32.2. The van der Waals surface area contributed by atoms with Gasteiger partial charge in [0, 0.05) is 12.3 Å². The van der Waals surface area contributed by atoms with Gasteiger partial charge in [0.25, 0.3) is 0 Å². The first-order valence-corrected chi connectivity index (χ1v) is 14.7. The number of hydrogen-bond acceptors (Lipinski definition) is 6. The van der Waals surface area contributed by atoms with Crippen molar-refractivity contribution in [3.63, 3.8) is 0 Å². The lowest BCUT2D eigenvalue weighted by Crippen LogP contribution is -2.51. The fourth-order valence-corrected chi connectivity index (χ4v) is 8.38. The van der Waals surface area contributed by atoms with Gasteiger partial charge in [0.15, 0.2) is 0 Å². The molecule has 198 valence electrons. The molecular weight excluding hydrogens is 490 g/mol. The molecule has 3 aliphatic carbocycles. The second kappa shape index (κ2) is 9.24. The summed E-state index contributed by atoms with van der Waals surface area (Å²) in [6.45, 7) is 6.15. The molecule has 0 spiro atoms. The zero-order valence-electron chi connectivity index (χ0n) is 21.7. The maximum absolute atomic E-state index is 12.7. The number of aryl methyl sites for hydroxylation is 1. The predicted molar refractivity (Wildman–Crippen MR) is 139 cm³/mol. The van der Waals surface area contributed by atoms with E-state index < -0.39 is 16.0 Å². The third kappa shape index (κ3) is 4.38. The van der Waals surface area contributed by atoms with Crippen LogP contribution in [0.4, 0.5) is 0 Å². The summed E-state index contributed by atoms with van der Waals surface area (Å²) in [5.74, 6) is 0.705. The molecule has 2 fully saturated rings. The van der Waals surface area contributed by atoms with Crippen LogP contribution in [-0.4, -0.2) is 26.5 Å². The number of sulfonamides is 1. The summed E-state index contributed by atoms with van der Waals surface area (Å²) in [7, 11) is -3.82. The van der Waals surface area contributed by atoms with Gasteiger partial charge in [0.1, 0.15) is 11.9 Å². The molecule has 0 bridgehead atoms. The molecule has 2 saturated carbocycles. The first kappa shape index (κ1) is 25.9. The largest absolute Gasteiger partial charge is 0.462 e. The van der Waals surface area contributed by atoms with Crippen molar-refractivity contribution >= 4 is 22.0 Å². The van der Waals surface area contributed by atoms with E-state index in [0.717, 1.165) is 44.9 Å². The van der Waals surface area contributed by atoms with Crippen molar-refractivity contribution in [1.29, 1.82) is 0 Å². The molecule has 0 unspecified atom stereocenters. The van der Waals surface area contributed by atoms with Gasteiger partial charge in [-0.25, -0.2) is 18.4 Å². The lowest BCUT2D eigenvalue weighted by molar-refractivity contribution is -0.158. The highest BCUT2D eigenvalue weighted by Crippen LogP contribution is 2.68. The van der Waals surface area contributed by atoms with Crippen LogP contribution in [0.5, 0.6) is 5.75 Å². The zero-order valence-corrected chi connectivity index (χ0v) is 22.5. The number of benzene rings is 2. The van der Waals surface area contributed by atoms with Gasteiger partial charge in [-0.3, -0.25) is 4.79 Å². The van der Waals surface area contributed by atoms with Crippen molar-refractivity contribution in [3.05, 3.63) is 59.2 Å². The van der Waals surface area contributed by atoms with E-state index in [1.165, 1.54) is 42.3 Å². The number of nitrogens with two attached hydrogens (primary N) is 1. The SMILES string of the molecule is CC[C@@]12CCc3cc(OC(=O)c4ccc(S(N)(=O)=O)cc4)ccc3[C@H]1CC[C@]1(C)[C@@H](OC(C)=O)CC[C@H]12. The Morgan fingerprint density at radius 3 is 2.43 bits per heavy atom.